The first-order valence-electron chi connectivity index (χ1n) is 7.70. The average Bonchev–Trinajstić information content (AvgIpc) is 3.23. The van der Waals surface area contributed by atoms with Crippen molar-refractivity contribution in [1.82, 2.24) is 24.7 Å². The maximum absolute atomic E-state index is 12.6. The van der Waals surface area contributed by atoms with E-state index in [9.17, 15) is 13.2 Å². The zero-order valence-electron chi connectivity index (χ0n) is 13.7. The molecule has 3 heterocycles. The number of rotatable bonds is 3. The Bertz CT molecular complexity index is 1190. The van der Waals surface area contributed by atoms with Crippen molar-refractivity contribution in [2.75, 3.05) is 5.73 Å². The van der Waals surface area contributed by atoms with Crippen LogP contribution in [-0.4, -0.2) is 24.7 Å². The highest BCUT2D eigenvalue weighted by atomic mass is 35.5. The van der Waals surface area contributed by atoms with Crippen molar-refractivity contribution in [1.29, 1.82) is 0 Å². The normalized spacial score (nSPS) is 12.0. The van der Waals surface area contributed by atoms with Crippen molar-refractivity contribution < 1.29 is 17.7 Å². The van der Waals surface area contributed by atoms with E-state index in [-0.39, 0.29) is 27.5 Å². The topological polar surface area (TPSA) is 95.7 Å². The average molecular weight is 429 g/mol. The maximum atomic E-state index is 12.6. The molecule has 144 valence electrons. The third-order valence-electron chi connectivity index (χ3n) is 3.89. The zero-order chi connectivity index (χ0) is 20.1. The molecule has 1 aromatic carbocycles. The molecule has 0 saturated heterocycles. The Morgan fingerprint density at radius 2 is 1.89 bits per heavy atom. The third-order valence-corrected chi connectivity index (χ3v) is 4.49. The first-order chi connectivity index (χ1) is 13.2. The summed E-state index contributed by atoms with van der Waals surface area (Å²) < 4.78 is 43.9. The molecule has 0 radical (unpaired) electrons. The van der Waals surface area contributed by atoms with E-state index in [1.54, 1.807) is 29.0 Å². The summed E-state index contributed by atoms with van der Waals surface area (Å²) in [6, 6.07) is 6.55. The van der Waals surface area contributed by atoms with Crippen LogP contribution in [0.1, 0.15) is 11.5 Å². The van der Waals surface area contributed by atoms with Crippen LogP contribution in [0.15, 0.2) is 35.0 Å². The van der Waals surface area contributed by atoms with Crippen LogP contribution < -0.4 is 5.73 Å². The van der Waals surface area contributed by atoms with Crippen LogP contribution in [0, 0.1) is 0 Å². The summed E-state index contributed by atoms with van der Waals surface area (Å²) in [4.78, 5) is 11.4. The van der Waals surface area contributed by atoms with Gasteiger partial charge in [0.05, 0.1) is 10.4 Å². The molecular weight excluding hydrogens is 420 g/mol. The van der Waals surface area contributed by atoms with Crippen LogP contribution >= 0.6 is 23.2 Å². The summed E-state index contributed by atoms with van der Waals surface area (Å²) in [5.74, 6) is -1.64. The van der Waals surface area contributed by atoms with Gasteiger partial charge in [-0.2, -0.15) is 23.1 Å². The van der Waals surface area contributed by atoms with E-state index in [1.165, 1.54) is 6.07 Å². The van der Waals surface area contributed by atoms with Gasteiger partial charge in [-0.1, -0.05) is 34.4 Å². The number of alkyl halides is 3. The number of hydrogen-bond acceptors (Lipinski definition) is 6. The fraction of sp³-hybridized carbons (Fsp3) is 0.125. The number of aromatic nitrogens is 5. The lowest BCUT2D eigenvalue weighted by Gasteiger charge is -2.08. The summed E-state index contributed by atoms with van der Waals surface area (Å²) in [7, 11) is 0. The van der Waals surface area contributed by atoms with E-state index >= 15 is 0 Å². The molecule has 0 unspecified atom stereocenters. The number of nitrogens with two attached hydrogens (primary N) is 1. The zero-order valence-corrected chi connectivity index (χ0v) is 15.2. The number of anilines is 1. The smallest absolute Gasteiger partial charge is 0.368 e. The number of nitrogens with zero attached hydrogens (tertiary/aromatic N) is 5. The molecule has 0 aliphatic heterocycles. The van der Waals surface area contributed by atoms with Gasteiger partial charge in [0, 0.05) is 18.3 Å². The summed E-state index contributed by atoms with van der Waals surface area (Å²) in [5.41, 5.74) is 7.17. The predicted molar refractivity (Wildman–Crippen MR) is 95.8 cm³/mol. The molecule has 4 aromatic rings. The third kappa shape index (κ3) is 3.36. The molecule has 0 amide bonds. The lowest BCUT2D eigenvalue weighted by molar-refractivity contribution is -0.159. The SMILES string of the molecule is Nc1nc(Cl)c2ccn(Cc3ccc(-c4noc(C(F)(F)F)n4)c(Cl)c3)c2n1. The van der Waals surface area contributed by atoms with Gasteiger partial charge in [-0.15, -0.1) is 0 Å². The fourth-order valence-electron chi connectivity index (χ4n) is 2.65. The Balaban J connectivity index is 1.65. The highest BCUT2D eigenvalue weighted by Gasteiger charge is 2.38. The second-order valence-corrected chi connectivity index (χ2v) is 6.55. The molecule has 0 spiro atoms. The predicted octanol–water partition coefficient (Wildman–Crippen LogP) is 4.44. The van der Waals surface area contributed by atoms with E-state index in [0.29, 0.717) is 17.6 Å². The van der Waals surface area contributed by atoms with Gasteiger partial charge in [0.25, 0.3) is 0 Å². The minimum Gasteiger partial charge on any atom is -0.368 e. The standard InChI is InChI=1S/C16H9Cl2F3N6O/c17-10-5-7(1-2-8(10)12-24-14(28-26-12)16(19,20)21)6-27-4-3-9-11(18)23-15(22)25-13(9)27/h1-5H,6H2,(H2,22,23,25). The quantitative estimate of drug-likeness (QED) is 0.484. The van der Waals surface area contributed by atoms with E-state index in [4.69, 9.17) is 28.9 Å². The Morgan fingerprint density at radius 3 is 2.57 bits per heavy atom. The van der Waals surface area contributed by atoms with Crippen molar-refractivity contribution in [2.24, 2.45) is 0 Å². The van der Waals surface area contributed by atoms with Crippen LogP contribution in [0.4, 0.5) is 19.1 Å². The van der Waals surface area contributed by atoms with Crippen LogP contribution in [0.2, 0.25) is 10.2 Å². The Hall–Kier alpha value is -2.85. The molecule has 2 N–H and O–H groups in total. The molecule has 0 aliphatic carbocycles. The number of halogens is 5. The number of nitrogen functional groups attached to an aromatic ring is 1. The number of hydrogen-bond donors (Lipinski definition) is 1. The molecule has 0 aliphatic rings. The van der Waals surface area contributed by atoms with Gasteiger partial charge in [-0.05, 0) is 23.8 Å². The lowest BCUT2D eigenvalue weighted by atomic mass is 10.1. The summed E-state index contributed by atoms with van der Waals surface area (Å²) in [6.45, 7) is 0.371. The van der Waals surface area contributed by atoms with Gasteiger partial charge in [0.2, 0.25) is 11.8 Å². The number of benzene rings is 1. The molecule has 28 heavy (non-hydrogen) atoms. The first-order valence-corrected chi connectivity index (χ1v) is 8.45. The molecular formula is C16H9Cl2F3N6O. The van der Waals surface area contributed by atoms with E-state index in [2.05, 4.69) is 24.6 Å². The van der Waals surface area contributed by atoms with Crippen molar-refractivity contribution in [2.45, 2.75) is 12.7 Å². The van der Waals surface area contributed by atoms with Crippen molar-refractivity contribution >= 4 is 40.2 Å². The van der Waals surface area contributed by atoms with Crippen molar-refractivity contribution in [3.05, 3.63) is 52.1 Å². The maximum Gasteiger partial charge on any atom is 0.471 e. The second-order valence-electron chi connectivity index (χ2n) is 5.79. The number of fused-ring (bicyclic) bond motifs is 1. The molecule has 0 atom stereocenters. The van der Waals surface area contributed by atoms with Gasteiger partial charge in [-0.25, -0.2) is 4.98 Å². The van der Waals surface area contributed by atoms with E-state index < -0.39 is 12.1 Å². The molecule has 0 bridgehead atoms. The van der Waals surface area contributed by atoms with Crippen LogP contribution in [0.3, 0.4) is 0 Å². The van der Waals surface area contributed by atoms with Crippen molar-refractivity contribution in [3.8, 4) is 11.4 Å². The largest absolute Gasteiger partial charge is 0.471 e. The van der Waals surface area contributed by atoms with E-state index in [1.807, 2.05) is 0 Å². The lowest BCUT2D eigenvalue weighted by Crippen LogP contribution is -2.05. The van der Waals surface area contributed by atoms with Crippen LogP contribution in [0.5, 0.6) is 0 Å². The Kier molecular flexibility index (Phi) is 4.39. The van der Waals surface area contributed by atoms with Crippen molar-refractivity contribution in [3.63, 3.8) is 0 Å². The molecule has 3 aromatic heterocycles. The monoisotopic (exact) mass is 428 g/mol. The second kappa shape index (κ2) is 6.64. The molecule has 12 heteroatoms. The van der Waals surface area contributed by atoms with Gasteiger partial charge in [0.1, 0.15) is 10.8 Å². The summed E-state index contributed by atoms with van der Waals surface area (Å²) in [6.07, 6.45) is -2.96. The molecule has 7 nitrogen and oxygen atoms in total. The minimum atomic E-state index is -4.72. The van der Waals surface area contributed by atoms with E-state index in [0.717, 1.165) is 5.56 Å². The molecule has 0 saturated carbocycles. The highest BCUT2D eigenvalue weighted by molar-refractivity contribution is 6.34. The Labute approximate surface area is 164 Å². The first kappa shape index (κ1) is 18.5. The van der Waals surface area contributed by atoms with Gasteiger partial charge >= 0.3 is 12.1 Å². The molecule has 0 fully saturated rings. The fourth-order valence-corrected chi connectivity index (χ4v) is 3.18. The van der Waals surface area contributed by atoms with Gasteiger partial charge < -0.3 is 14.8 Å². The van der Waals surface area contributed by atoms with Crippen LogP contribution in [0.25, 0.3) is 22.4 Å². The minimum absolute atomic E-state index is 0.0448. The van der Waals surface area contributed by atoms with Gasteiger partial charge in [-0.3, -0.25) is 0 Å². The summed E-state index contributed by atoms with van der Waals surface area (Å²) >= 11 is 12.3. The van der Waals surface area contributed by atoms with Crippen LogP contribution in [-0.2, 0) is 12.7 Å². The Morgan fingerprint density at radius 1 is 1.11 bits per heavy atom. The molecule has 4 rings (SSSR count). The van der Waals surface area contributed by atoms with Gasteiger partial charge in [0.15, 0.2) is 0 Å². The summed E-state index contributed by atoms with van der Waals surface area (Å²) in [5, 5.41) is 4.40. The highest BCUT2D eigenvalue weighted by Crippen LogP contribution is 2.32.